The zero-order chi connectivity index (χ0) is 13.9. The molecule has 2 heteroatoms. The number of pyridine rings is 1. The van der Waals surface area contributed by atoms with Crippen molar-refractivity contribution in [3.8, 4) is 0 Å². The largest absolute Gasteiger partial charge is 0.377 e. The lowest BCUT2D eigenvalue weighted by Gasteiger charge is -2.10. The van der Waals surface area contributed by atoms with Gasteiger partial charge in [-0.05, 0) is 10.8 Å². The highest BCUT2D eigenvalue weighted by molar-refractivity contribution is 5.85. The van der Waals surface area contributed by atoms with Crippen LogP contribution in [0, 0.1) is 0 Å². The van der Waals surface area contributed by atoms with E-state index >= 15 is 0 Å². The lowest BCUT2D eigenvalue weighted by atomic mass is 10.0. The van der Waals surface area contributed by atoms with E-state index in [9.17, 15) is 0 Å². The van der Waals surface area contributed by atoms with E-state index < -0.39 is 0 Å². The Bertz CT molecular complexity index is 710. The SMILES string of the molecule is CN(C)c1cc[n+](Cc2cccc3ccccc23)cc1. The molecule has 0 saturated carbocycles. The normalized spacial score (nSPS) is 10.7. The quantitative estimate of drug-likeness (QED) is 0.658. The van der Waals surface area contributed by atoms with Gasteiger partial charge in [0.05, 0.1) is 0 Å². The van der Waals surface area contributed by atoms with Gasteiger partial charge in [0.1, 0.15) is 0 Å². The Balaban J connectivity index is 1.93. The molecule has 0 fully saturated rings. The van der Waals surface area contributed by atoms with Crippen molar-refractivity contribution < 1.29 is 4.57 Å². The minimum Gasteiger partial charge on any atom is -0.377 e. The van der Waals surface area contributed by atoms with E-state index in [-0.39, 0.29) is 0 Å². The van der Waals surface area contributed by atoms with E-state index in [2.05, 4.69) is 90.6 Å². The molecule has 2 aromatic carbocycles. The number of fused-ring (bicyclic) bond motifs is 1. The minimum absolute atomic E-state index is 0.898. The molecule has 0 atom stereocenters. The second-order valence-electron chi connectivity index (χ2n) is 5.26. The molecular weight excluding hydrogens is 244 g/mol. The molecule has 0 N–H and O–H groups in total. The summed E-state index contributed by atoms with van der Waals surface area (Å²) in [5.74, 6) is 0. The molecule has 0 unspecified atom stereocenters. The molecule has 3 rings (SSSR count). The van der Waals surface area contributed by atoms with Gasteiger partial charge in [-0.25, -0.2) is 4.57 Å². The zero-order valence-corrected chi connectivity index (χ0v) is 12.0. The lowest BCUT2D eigenvalue weighted by molar-refractivity contribution is -0.688. The molecule has 100 valence electrons. The maximum Gasteiger partial charge on any atom is 0.174 e. The Kier molecular flexibility index (Phi) is 3.38. The molecule has 0 spiro atoms. The maximum absolute atomic E-state index is 2.22. The van der Waals surface area contributed by atoms with E-state index in [1.54, 1.807) is 0 Å². The summed E-state index contributed by atoms with van der Waals surface area (Å²) < 4.78 is 2.22. The fourth-order valence-electron chi connectivity index (χ4n) is 2.48. The molecule has 0 aliphatic heterocycles. The average Bonchev–Trinajstić information content (AvgIpc) is 2.48. The number of anilines is 1. The summed E-state index contributed by atoms with van der Waals surface area (Å²) in [5.41, 5.74) is 2.57. The van der Waals surface area contributed by atoms with Gasteiger partial charge in [-0.3, -0.25) is 0 Å². The van der Waals surface area contributed by atoms with Gasteiger partial charge in [0.2, 0.25) is 0 Å². The van der Waals surface area contributed by atoms with Gasteiger partial charge in [-0.15, -0.1) is 0 Å². The third-order valence-corrected chi connectivity index (χ3v) is 3.62. The van der Waals surface area contributed by atoms with Crippen LogP contribution in [-0.2, 0) is 6.54 Å². The maximum atomic E-state index is 2.22. The molecule has 1 heterocycles. The van der Waals surface area contributed by atoms with Crippen molar-refractivity contribution in [3.63, 3.8) is 0 Å². The molecular formula is C18H19N2+. The molecule has 0 amide bonds. The van der Waals surface area contributed by atoms with Gasteiger partial charge in [0.25, 0.3) is 0 Å². The second-order valence-corrected chi connectivity index (χ2v) is 5.26. The number of hydrogen-bond acceptors (Lipinski definition) is 1. The van der Waals surface area contributed by atoms with Crippen molar-refractivity contribution in [1.29, 1.82) is 0 Å². The van der Waals surface area contributed by atoms with Gasteiger partial charge in [0, 0.05) is 37.5 Å². The molecule has 0 radical (unpaired) electrons. The highest BCUT2D eigenvalue weighted by Gasteiger charge is 2.07. The first-order chi connectivity index (χ1) is 9.74. The fraction of sp³-hybridized carbons (Fsp3) is 0.167. The Labute approximate surface area is 119 Å². The average molecular weight is 263 g/mol. The Morgan fingerprint density at radius 3 is 2.30 bits per heavy atom. The van der Waals surface area contributed by atoms with Gasteiger partial charge < -0.3 is 4.90 Å². The smallest absolute Gasteiger partial charge is 0.174 e. The lowest BCUT2D eigenvalue weighted by Crippen LogP contribution is -2.33. The van der Waals surface area contributed by atoms with Crippen molar-refractivity contribution in [2.75, 3.05) is 19.0 Å². The third kappa shape index (κ3) is 2.50. The molecule has 3 aromatic rings. The summed E-state index contributed by atoms with van der Waals surface area (Å²) >= 11 is 0. The Morgan fingerprint density at radius 2 is 1.55 bits per heavy atom. The fourth-order valence-corrected chi connectivity index (χ4v) is 2.48. The first kappa shape index (κ1) is 12.7. The van der Waals surface area contributed by atoms with Crippen LogP contribution in [0.1, 0.15) is 5.56 Å². The highest BCUT2D eigenvalue weighted by Crippen LogP contribution is 2.18. The van der Waals surface area contributed by atoms with Crippen LogP contribution in [0.15, 0.2) is 67.0 Å². The summed E-state index contributed by atoms with van der Waals surface area (Å²) in [6.45, 7) is 0.898. The van der Waals surface area contributed by atoms with Crippen molar-refractivity contribution in [3.05, 3.63) is 72.6 Å². The van der Waals surface area contributed by atoms with Crippen LogP contribution in [-0.4, -0.2) is 14.1 Å². The predicted octanol–water partition coefficient (Wildman–Crippen LogP) is 3.24. The molecule has 0 saturated heterocycles. The Morgan fingerprint density at radius 1 is 0.850 bits per heavy atom. The van der Waals surface area contributed by atoms with Crippen LogP contribution >= 0.6 is 0 Å². The number of hydrogen-bond donors (Lipinski definition) is 0. The number of benzene rings is 2. The summed E-state index contributed by atoms with van der Waals surface area (Å²) in [6, 6.07) is 19.3. The first-order valence-electron chi connectivity index (χ1n) is 6.87. The minimum atomic E-state index is 0.898. The predicted molar refractivity (Wildman–Crippen MR) is 84.0 cm³/mol. The molecule has 0 aliphatic rings. The monoisotopic (exact) mass is 263 g/mol. The van der Waals surface area contributed by atoms with Gasteiger partial charge in [-0.1, -0.05) is 42.5 Å². The van der Waals surface area contributed by atoms with E-state index in [0.717, 1.165) is 6.54 Å². The molecule has 0 aliphatic carbocycles. The van der Waals surface area contributed by atoms with E-state index in [4.69, 9.17) is 0 Å². The first-order valence-corrected chi connectivity index (χ1v) is 6.87. The van der Waals surface area contributed by atoms with Crippen LogP contribution in [0.5, 0.6) is 0 Å². The summed E-state index contributed by atoms with van der Waals surface area (Å²) in [6.07, 6.45) is 4.27. The van der Waals surface area contributed by atoms with Crippen LogP contribution in [0.25, 0.3) is 10.8 Å². The van der Waals surface area contributed by atoms with Gasteiger partial charge >= 0.3 is 0 Å². The van der Waals surface area contributed by atoms with Crippen molar-refractivity contribution in [2.45, 2.75) is 6.54 Å². The number of nitrogens with zero attached hydrogens (tertiary/aromatic N) is 2. The third-order valence-electron chi connectivity index (χ3n) is 3.62. The van der Waals surface area contributed by atoms with E-state index in [1.165, 1.54) is 22.0 Å². The van der Waals surface area contributed by atoms with Crippen molar-refractivity contribution >= 4 is 16.5 Å². The molecule has 20 heavy (non-hydrogen) atoms. The molecule has 2 nitrogen and oxygen atoms in total. The Hall–Kier alpha value is -2.35. The summed E-state index contributed by atoms with van der Waals surface area (Å²) in [4.78, 5) is 2.11. The van der Waals surface area contributed by atoms with Gasteiger partial charge in [-0.2, -0.15) is 0 Å². The van der Waals surface area contributed by atoms with E-state index in [1.807, 2.05) is 0 Å². The van der Waals surface area contributed by atoms with Crippen molar-refractivity contribution in [1.82, 2.24) is 0 Å². The summed E-state index contributed by atoms with van der Waals surface area (Å²) in [7, 11) is 4.12. The topological polar surface area (TPSA) is 7.12 Å². The molecule has 1 aromatic heterocycles. The highest BCUT2D eigenvalue weighted by atomic mass is 15.1. The van der Waals surface area contributed by atoms with E-state index in [0.29, 0.717) is 0 Å². The zero-order valence-electron chi connectivity index (χ0n) is 12.0. The van der Waals surface area contributed by atoms with Crippen LogP contribution in [0.3, 0.4) is 0 Å². The summed E-state index contributed by atoms with van der Waals surface area (Å²) in [5, 5.41) is 2.63. The van der Waals surface area contributed by atoms with Crippen LogP contribution in [0.2, 0.25) is 0 Å². The van der Waals surface area contributed by atoms with Crippen molar-refractivity contribution in [2.24, 2.45) is 0 Å². The number of rotatable bonds is 3. The molecule has 0 bridgehead atoms. The second kappa shape index (κ2) is 5.33. The van der Waals surface area contributed by atoms with Crippen LogP contribution < -0.4 is 9.47 Å². The number of aromatic nitrogens is 1. The van der Waals surface area contributed by atoms with Crippen LogP contribution in [0.4, 0.5) is 5.69 Å². The standard InChI is InChI=1S/C18H19N2/c1-19(2)17-10-12-20(13-11-17)14-16-8-5-7-15-6-3-4-9-18(15)16/h3-13H,14H2,1-2H3/q+1. The van der Waals surface area contributed by atoms with Gasteiger partial charge in [0.15, 0.2) is 18.9 Å².